The summed E-state index contributed by atoms with van der Waals surface area (Å²) in [4.78, 5) is 53.3. The topological polar surface area (TPSA) is 206 Å². The van der Waals surface area contributed by atoms with E-state index in [-0.39, 0.29) is 33.4 Å². The van der Waals surface area contributed by atoms with Crippen molar-refractivity contribution in [2.24, 2.45) is 0 Å². The molecule has 3 amide bonds. The number of esters is 1. The number of alkyl carbamates (subject to hydrolysis) is 1. The number of hydrogen-bond donors (Lipinski definition) is 5. The van der Waals surface area contributed by atoms with Gasteiger partial charge in [0.05, 0.1) is 24.6 Å². The molecule has 0 saturated heterocycles. The van der Waals surface area contributed by atoms with Crippen molar-refractivity contribution in [1.82, 2.24) is 16.0 Å². The number of phenols is 1. The monoisotopic (exact) mass is 660 g/mol. The lowest BCUT2D eigenvalue weighted by atomic mass is 10.00. The number of phenolic OH excluding ortho intramolecular Hbond substituents is 1. The van der Waals surface area contributed by atoms with Crippen LogP contribution in [0.1, 0.15) is 71.2 Å². The second-order valence-corrected chi connectivity index (χ2v) is 12.7. The zero-order chi connectivity index (χ0) is 34.6. The van der Waals surface area contributed by atoms with Crippen LogP contribution < -0.4 is 25.4 Å². The maximum absolute atomic E-state index is 13.6. The van der Waals surface area contributed by atoms with Crippen molar-refractivity contribution < 1.29 is 48.3 Å². The Balaban J connectivity index is 2.23. The van der Waals surface area contributed by atoms with Gasteiger partial charge in [-0.05, 0) is 76.9 Å². The standard InChI is InChI=1S/C31H37ClN4O10/c1-30(2,3)45-28(41)22-16-13-19(37)25(43-7)21(14-16)44-20-9-8-15(12-17(20)32)24(38)23(36-29(42)46-31(4,5)6)27(40)34-18(10-11-33)26(39)35-22/h8-9,12-14,18,22-24,37-38H,10H2,1-7H3,(H,34,40)(H,35,39)(H,36,42)/t18-,22+,23+,24+/m0/s1. The van der Waals surface area contributed by atoms with Gasteiger partial charge in [0.15, 0.2) is 17.5 Å². The molecule has 0 aromatic heterocycles. The highest BCUT2D eigenvalue weighted by atomic mass is 35.5. The molecule has 2 aromatic rings. The average Bonchev–Trinajstić information content (AvgIpc) is 2.92. The number of rotatable bonds is 4. The second kappa shape index (κ2) is 14.1. The first-order valence-electron chi connectivity index (χ1n) is 14.1. The first-order valence-corrected chi connectivity index (χ1v) is 14.5. The van der Waals surface area contributed by atoms with Gasteiger partial charge in [-0.3, -0.25) is 9.59 Å². The minimum absolute atomic E-state index is 0.00216. The molecule has 14 nitrogen and oxygen atoms in total. The molecule has 4 rings (SSSR count). The fourth-order valence-corrected chi connectivity index (χ4v) is 4.54. The van der Waals surface area contributed by atoms with E-state index in [1.165, 1.54) is 31.4 Å². The molecule has 0 unspecified atom stereocenters. The molecule has 0 saturated carbocycles. The van der Waals surface area contributed by atoms with Crippen LogP contribution in [0.2, 0.25) is 5.02 Å². The highest BCUT2D eigenvalue weighted by Gasteiger charge is 2.37. The molecular formula is C31H37ClN4O10. The third-order valence-corrected chi connectivity index (χ3v) is 6.54. The lowest BCUT2D eigenvalue weighted by Gasteiger charge is -2.29. The van der Waals surface area contributed by atoms with Gasteiger partial charge in [-0.15, -0.1) is 0 Å². The van der Waals surface area contributed by atoms with Crippen molar-refractivity contribution in [2.75, 3.05) is 7.11 Å². The number of nitriles is 1. The average molecular weight is 661 g/mol. The number of nitrogens with zero attached hydrogens (tertiary/aromatic N) is 1. The van der Waals surface area contributed by atoms with Gasteiger partial charge >= 0.3 is 12.1 Å². The van der Waals surface area contributed by atoms with Crippen LogP contribution in [0.25, 0.3) is 0 Å². The number of amides is 3. The molecule has 4 bridgehead atoms. The van der Waals surface area contributed by atoms with Gasteiger partial charge in [0.25, 0.3) is 0 Å². The van der Waals surface area contributed by atoms with Crippen molar-refractivity contribution >= 4 is 35.5 Å². The van der Waals surface area contributed by atoms with Crippen molar-refractivity contribution in [1.29, 1.82) is 5.26 Å². The predicted molar refractivity (Wildman–Crippen MR) is 163 cm³/mol. The summed E-state index contributed by atoms with van der Waals surface area (Å²) in [5.41, 5.74) is -1.90. The number of fused-ring (bicyclic) bond motifs is 9. The quantitative estimate of drug-likeness (QED) is 0.299. The van der Waals surface area contributed by atoms with E-state index in [2.05, 4.69) is 16.0 Å². The van der Waals surface area contributed by atoms with Crippen LogP contribution in [0.15, 0.2) is 30.3 Å². The summed E-state index contributed by atoms with van der Waals surface area (Å²) in [7, 11) is 1.27. The number of halogens is 1. The van der Waals surface area contributed by atoms with Crippen LogP contribution >= 0.6 is 11.6 Å². The Bertz CT molecular complexity index is 1540. The first-order chi connectivity index (χ1) is 21.3. The van der Waals surface area contributed by atoms with Crippen LogP contribution in [0.4, 0.5) is 4.79 Å². The van der Waals surface area contributed by atoms with E-state index in [1.54, 1.807) is 47.6 Å². The molecule has 2 aromatic carbocycles. The van der Waals surface area contributed by atoms with Gasteiger partial charge in [-0.1, -0.05) is 17.7 Å². The van der Waals surface area contributed by atoms with Gasteiger partial charge in [0, 0.05) is 0 Å². The van der Waals surface area contributed by atoms with E-state index in [0.717, 1.165) is 6.07 Å². The van der Waals surface area contributed by atoms with Crippen molar-refractivity contribution in [3.63, 3.8) is 0 Å². The molecule has 248 valence electrons. The van der Waals surface area contributed by atoms with Crippen LogP contribution in [-0.2, 0) is 23.9 Å². The Morgan fingerprint density at radius 3 is 2.22 bits per heavy atom. The Morgan fingerprint density at radius 1 is 1.00 bits per heavy atom. The third kappa shape index (κ3) is 9.15. The molecule has 46 heavy (non-hydrogen) atoms. The molecule has 2 aliphatic heterocycles. The number of carbonyl (C=O) groups excluding carboxylic acids is 4. The summed E-state index contributed by atoms with van der Waals surface area (Å²) in [6.45, 7) is 9.61. The number of aliphatic hydroxyl groups is 1. The number of methoxy groups -OCH3 is 1. The number of hydrogen-bond acceptors (Lipinski definition) is 11. The Kier molecular flexibility index (Phi) is 11.0. The number of nitrogens with one attached hydrogen (secondary N) is 3. The van der Waals surface area contributed by atoms with Gasteiger partial charge in [0.2, 0.25) is 17.6 Å². The summed E-state index contributed by atoms with van der Waals surface area (Å²) in [6, 6.07) is 3.37. The van der Waals surface area contributed by atoms with Crippen LogP contribution in [0, 0.1) is 11.3 Å². The minimum atomic E-state index is -1.74. The number of benzene rings is 2. The van der Waals surface area contributed by atoms with Gasteiger partial charge in [-0.25, -0.2) is 9.59 Å². The molecule has 0 aliphatic carbocycles. The maximum atomic E-state index is 13.6. The summed E-state index contributed by atoms with van der Waals surface area (Å²) in [6.07, 6.45) is -3.37. The van der Waals surface area contributed by atoms with E-state index in [0.29, 0.717) is 0 Å². The normalized spacial score (nSPS) is 20.3. The van der Waals surface area contributed by atoms with E-state index in [1.807, 2.05) is 0 Å². The lowest BCUT2D eigenvalue weighted by molar-refractivity contribution is -0.159. The summed E-state index contributed by atoms with van der Waals surface area (Å²) >= 11 is 6.50. The van der Waals surface area contributed by atoms with Crippen LogP contribution in [-0.4, -0.2) is 64.5 Å². The van der Waals surface area contributed by atoms with E-state index in [9.17, 15) is 34.7 Å². The summed E-state index contributed by atoms with van der Waals surface area (Å²) < 4.78 is 22.0. The number of aliphatic hydroxyl groups excluding tert-OH is 1. The molecule has 15 heteroatoms. The zero-order valence-corrected chi connectivity index (χ0v) is 27.1. The second-order valence-electron chi connectivity index (χ2n) is 12.3. The third-order valence-electron chi connectivity index (χ3n) is 6.24. The Labute approximate surface area is 270 Å². The fraction of sp³-hybridized carbons (Fsp3) is 0.452. The van der Waals surface area contributed by atoms with Crippen LogP contribution in [0.5, 0.6) is 23.0 Å². The zero-order valence-electron chi connectivity index (χ0n) is 26.4. The number of ether oxygens (including phenoxy) is 4. The predicted octanol–water partition coefficient (Wildman–Crippen LogP) is 3.68. The smallest absolute Gasteiger partial charge is 0.408 e. The van der Waals surface area contributed by atoms with Gasteiger partial charge < -0.3 is 45.1 Å². The molecule has 2 aliphatic rings. The van der Waals surface area contributed by atoms with Crippen molar-refractivity contribution in [3.05, 3.63) is 46.5 Å². The SMILES string of the molecule is COc1c(O)cc2cc1Oc1ccc(cc1Cl)[C@@H](O)[C@@H](NC(=O)OC(C)(C)C)C(=O)N[C@@H](CC#N)C(=O)N[C@H]2C(=O)OC(C)(C)C. The molecule has 5 N–H and O–H groups in total. The minimum Gasteiger partial charge on any atom is -0.504 e. The van der Waals surface area contributed by atoms with E-state index in [4.69, 9.17) is 30.5 Å². The summed E-state index contributed by atoms with van der Waals surface area (Å²) in [5, 5.41) is 38.7. The number of carbonyl (C=O) groups is 4. The highest BCUT2D eigenvalue weighted by molar-refractivity contribution is 6.32. The summed E-state index contributed by atoms with van der Waals surface area (Å²) in [5.74, 6) is -3.66. The Morgan fingerprint density at radius 2 is 1.65 bits per heavy atom. The van der Waals surface area contributed by atoms with E-state index >= 15 is 0 Å². The Hall–Kier alpha value is -4.74. The highest BCUT2D eigenvalue weighted by Crippen LogP contribution is 2.43. The lowest BCUT2D eigenvalue weighted by Crippen LogP contribution is -2.56. The largest absolute Gasteiger partial charge is 0.504 e. The fourth-order valence-electron chi connectivity index (χ4n) is 4.32. The molecule has 4 atom stereocenters. The number of aromatic hydroxyl groups is 1. The van der Waals surface area contributed by atoms with Crippen molar-refractivity contribution in [2.45, 2.75) is 83.4 Å². The van der Waals surface area contributed by atoms with Crippen molar-refractivity contribution in [3.8, 4) is 29.1 Å². The van der Waals surface area contributed by atoms with E-state index < -0.39 is 71.5 Å². The molecule has 2 heterocycles. The molecule has 0 fully saturated rings. The molecule has 0 radical (unpaired) electrons. The van der Waals surface area contributed by atoms with Gasteiger partial charge in [-0.2, -0.15) is 5.26 Å². The van der Waals surface area contributed by atoms with Crippen LogP contribution in [0.3, 0.4) is 0 Å². The molecular weight excluding hydrogens is 624 g/mol. The first kappa shape index (κ1) is 35.7. The van der Waals surface area contributed by atoms with Gasteiger partial charge in [0.1, 0.15) is 35.1 Å². The molecule has 0 spiro atoms. The maximum Gasteiger partial charge on any atom is 0.408 e.